The third kappa shape index (κ3) is 2.97. The molecule has 0 N–H and O–H groups in total. The lowest BCUT2D eigenvalue weighted by atomic mass is 9.87. The van der Waals surface area contributed by atoms with Crippen molar-refractivity contribution in [2.24, 2.45) is 5.41 Å². The van der Waals surface area contributed by atoms with E-state index in [9.17, 15) is 0 Å². The first-order chi connectivity index (χ1) is 6.86. The van der Waals surface area contributed by atoms with Gasteiger partial charge in [0.15, 0.2) is 0 Å². The van der Waals surface area contributed by atoms with Gasteiger partial charge in [-0.1, -0.05) is 54.4 Å². The van der Waals surface area contributed by atoms with E-state index < -0.39 is 0 Å². The van der Waals surface area contributed by atoms with E-state index in [4.69, 9.17) is 4.74 Å². The molecule has 0 heterocycles. The van der Waals surface area contributed by atoms with Crippen molar-refractivity contribution in [1.82, 2.24) is 0 Å². The Morgan fingerprint density at radius 2 is 1.87 bits per heavy atom. The summed E-state index contributed by atoms with van der Waals surface area (Å²) in [5, 5.41) is 0. The van der Waals surface area contributed by atoms with E-state index in [1.165, 1.54) is 11.1 Å². The van der Waals surface area contributed by atoms with Crippen LogP contribution in [0.2, 0.25) is 0 Å². The number of alkyl halides is 1. The fraction of sp³-hybridized carbons (Fsp3) is 0.538. The first-order valence-electron chi connectivity index (χ1n) is 5.15. The van der Waals surface area contributed by atoms with E-state index in [0.29, 0.717) is 4.83 Å². The Labute approximate surface area is 101 Å². The summed E-state index contributed by atoms with van der Waals surface area (Å²) in [7, 11) is 1.72. The highest BCUT2D eigenvalue weighted by Gasteiger charge is 2.26. The summed E-state index contributed by atoms with van der Waals surface area (Å²) >= 11 is 3.75. The zero-order valence-electron chi connectivity index (χ0n) is 10.1. The Kier molecular flexibility index (Phi) is 3.82. The van der Waals surface area contributed by atoms with Gasteiger partial charge in [-0.15, -0.1) is 0 Å². The van der Waals surface area contributed by atoms with Crippen LogP contribution in [-0.2, 0) is 0 Å². The third-order valence-electron chi connectivity index (χ3n) is 2.42. The molecule has 0 amide bonds. The van der Waals surface area contributed by atoms with Crippen molar-refractivity contribution in [3.05, 3.63) is 29.3 Å². The number of rotatable bonds is 2. The van der Waals surface area contributed by atoms with Crippen LogP contribution in [0.1, 0.15) is 36.7 Å². The van der Waals surface area contributed by atoms with Crippen LogP contribution in [0.15, 0.2) is 18.2 Å². The highest BCUT2D eigenvalue weighted by Crippen LogP contribution is 2.43. The molecule has 1 atom stereocenters. The lowest BCUT2D eigenvalue weighted by molar-refractivity contribution is 0.376. The topological polar surface area (TPSA) is 9.23 Å². The monoisotopic (exact) mass is 270 g/mol. The summed E-state index contributed by atoms with van der Waals surface area (Å²) in [5.74, 6) is 0.956. The highest BCUT2D eigenvalue weighted by molar-refractivity contribution is 9.09. The molecule has 0 aromatic heterocycles. The molecule has 2 heteroatoms. The number of methoxy groups -OCH3 is 1. The van der Waals surface area contributed by atoms with E-state index in [1.54, 1.807) is 7.11 Å². The second kappa shape index (κ2) is 4.56. The van der Waals surface area contributed by atoms with Crippen LogP contribution in [0, 0.1) is 12.3 Å². The van der Waals surface area contributed by atoms with E-state index >= 15 is 0 Å². The van der Waals surface area contributed by atoms with Crippen molar-refractivity contribution >= 4 is 15.9 Å². The molecule has 1 unspecified atom stereocenters. The predicted molar refractivity (Wildman–Crippen MR) is 68.9 cm³/mol. The fourth-order valence-corrected chi connectivity index (χ4v) is 1.88. The van der Waals surface area contributed by atoms with Crippen molar-refractivity contribution in [3.63, 3.8) is 0 Å². The molecule has 0 aliphatic heterocycles. The average Bonchev–Trinajstić information content (AvgIpc) is 2.15. The maximum atomic E-state index is 5.39. The molecule has 0 saturated carbocycles. The highest BCUT2D eigenvalue weighted by atomic mass is 79.9. The maximum Gasteiger partial charge on any atom is 0.123 e. The molecule has 1 rings (SSSR count). The van der Waals surface area contributed by atoms with Crippen LogP contribution >= 0.6 is 15.9 Å². The van der Waals surface area contributed by atoms with Gasteiger partial charge in [0.05, 0.1) is 7.11 Å². The van der Waals surface area contributed by atoms with Gasteiger partial charge in [-0.05, 0) is 18.4 Å². The molecule has 0 spiro atoms. The molecular formula is C13H19BrO. The number of benzene rings is 1. The molecule has 1 nitrogen and oxygen atoms in total. The van der Waals surface area contributed by atoms with Crippen molar-refractivity contribution in [2.45, 2.75) is 32.5 Å². The first-order valence-corrected chi connectivity index (χ1v) is 6.06. The lowest BCUT2D eigenvalue weighted by Gasteiger charge is -2.27. The van der Waals surface area contributed by atoms with Crippen LogP contribution in [0.5, 0.6) is 5.75 Å². The minimum atomic E-state index is 0.182. The van der Waals surface area contributed by atoms with Gasteiger partial charge in [0.2, 0.25) is 0 Å². The Bertz CT molecular complexity index is 339. The van der Waals surface area contributed by atoms with Crippen molar-refractivity contribution in [1.29, 1.82) is 0 Å². The Balaban J connectivity index is 3.17. The molecular weight excluding hydrogens is 252 g/mol. The second-order valence-corrected chi connectivity index (χ2v) is 5.89. The van der Waals surface area contributed by atoms with Crippen LogP contribution in [0.4, 0.5) is 0 Å². The van der Waals surface area contributed by atoms with Crippen molar-refractivity contribution < 1.29 is 4.74 Å². The second-order valence-electron chi connectivity index (χ2n) is 4.97. The molecule has 0 aliphatic carbocycles. The van der Waals surface area contributed by atoms with Gasteiger partial charge >= 0.3 is 0 Å². The van der Waals surface area contributed by atoms with Gasteiger partial charge in [-0.2, -0.15) is 0 Å². The van der Waals surface area contributed by atoms with Crippen LogP contribution in [0.3, 0.4) is 0 Å². The zero-order valence-corrected chi connectivity index (χ0v) is 11.7. The molecule has 0 bridgehead atoms. The number of ether oxygens (including phenoxy) is 1. The molecule has 0 fully saturated rings. The van der Waals surface area contributed by atoms with Gasteiger partial charge in [0, 0.05) is 10.4 Å². The molecule has 0 radical (unpaired) electrons. The van der Waals surface area contributed by atoms with Crippen LogP contribution in [-0.4, -0.2) is 7.11 Å². The van der Waals surface area contributed by atoms with Gasteiger partial charge in [0.25, 0.3) is 0 Å². The normalized spacial score (nSPS) is 13.7. The summed E-state index contributed by atoms with van der Waals surface area (Å²) in [5.41, 5.74) is 2.67. The minimum absolute atomic E-state index is 0.182. The molecule has 84 valence electrons. The van der Waals surface area contributed by atoms with E-state index in [2.05, 4.69) is 55.8 Å². The van der Waals surface area contributed by atoms with Crippen LogP contribution < -0.4 is 4.74 Å². The minimum Gasteiger partial charge on any atom is -0.496 e. The molecule has 15 heavy (non-hydrogen) atoms. The summed E-state index contributed by atoms with van der Waals surface area (Å²) < 4.78 is 5.39. The number of hydrogen-bond donors (Lipinski definition) is 0. The summed E-state index contributed by atoms with van der Waals surface area (Å²) in [6.45, 7) is 8.75. The smallest absolute Gasteiger partial charge is 0.123 e. The third-order valence-corrected chi connectivity index (χ3v) is 4.29. The van der Waals surface area contributed by atoms with Crippen molar-refractivity contribution in [2.75, 3.05) is 7.11 Å². The van der Waals surface area contributed by atoms with E-state index in [0.717, 1.165) is 5.75 Å². The Morgan fingerprint density at radius 1 is 1.27 bits per heavy atom. The van der Waals surface area contributed by atoms with Gasteiger partial charge in [0.1, 0.15) is 5.75 Å². The van der Waals surface area contributed by atoms with Crippen molar-refractivity contribution in [3.8, 4) is 5.75 Å². The number of hydrogen-bond acceptors (Lipinski definition) is 1. The van der Waals surface area contributed by atoms with E-state index in [1.807, 2.05) is 6.07 Å². The van der Waals surface area contributed by atoms with Gasteiger partial charge < -0.3 is 4.74 Å². The number of halogens is 1. The zero-order chi connectivity index (χ0) is 11.6. The molecule has 1 aromatic carbocycles. The SMILES string of the molecule is COc1ccc(C)cc1C(Br)C(C)(C)C. The fourth-order valence-electron chi connectivity index (χ4n) is 1.52. The Morgan fingerprint density at radius 3 is 2.33 bits per heavy atom. The predicted octanol–water partition coefficient (Wildman–Crippen LogP) is 4.49. The average molecular weight is 271 g/mol. The molecule has 0 saturated heterocycles. The molecule has 1 aromatic rings. The summed E-state index contributed by atoms with van der Waals surface area (Å²) in [6.07, 6.45) is 0. The lowest BCUT2D eigenvalue weighted by Crippen LogP contribution is -2.13. The number of aryl methyl sites for hydroxylation is 1. The van der Waals surface area contributed by atoms with Gasteiger partial charge in [-0.3, -0.25) is 0 Å². The summed E-state index contributed by atoms with van der Waals surface area (Å²) in [4.78, 5) is 0.305. The maximum absolute atomic E-state index is 5.39. The Hall–Kier alpha value is -0.500. The summed E-state index contributed by atoms with van der Waals surface area (Å²) in [6, 6.07) is 6.29. The molecule has 0 aliphatic rings. The largest absolute Gasteiger partial charge is 0.496 e. The van der Waals surface area contributed by atoms with Crippen LogP contribution in [0.25, 0.3) is 0 Å². The quantitative estimate of drug-likeness (QED) is 0.720. The van der Waals surface area contributed by atoms with Gasteiger partial charge in [-0.25, -0.2) is 0 Å². The van der Waals surface area contributed by atoms with E-state index in [-0.39, 0.29) is 5.41 Å². The standard InChI is InChI=1S/C13H19BrO/c1-9-6-7-11(15-5)10(8-9)12(14)13(2,3)4/h6-8,12H,1-5H3. The first kappa shape index (κ1) is 12.6.